The van der Waals surface area contributed by atoms with Gasteiger partial charge in [0.05, 0.1) is 13.7 Å². The Labute approximate surface area is 151 Å². The highest BCUT2D eigenvalue weighted by molar-refractivity contribution is 5.83. The zero-order chi connectivity index (χ0) is 18.8. The molecule has 134 valence electrons. The topological polar surface area (TPSA) is 35.5 Å². The first-order valence-electron chi connectivity index (χ1n) is 8.40. The molecule has 1 aromatic rings. The largest absolute Gasteiger partial charge is 0.496 e. The second-order valence-corrected chi connectivity index (χ2v) is 5.92. The fraction of sp³-hybridized carbons (Fsp3) is 0.318. The number of ether oxygens (including phenoxy) is 2. The van der Waals surface area contributed by atoms with Gasteiger partial charge in [-0.15, -0.1) is 0 Å². The van der Waals surface area contributed by atoms with E-state index in [1.54, 1.807) is 14.0 Å². The van der Waals surface area contributed by atoms with Crippen molar-refractivity contribution in [2.24, 2.45) is 0 Å². The molecule has 1 aromatic carbocycles. The Balaban J connectivity index is 2.78. The highest BCUT2D eigenvalue weighted by Gasteiger charge is 2.02. The van der Waals surface area contributed by atoms with E-state index in [0.29, 0.717) is 6.61 Å². The third kappa shape index (κ3) is 7.25. The van der Waals surface area contributed by atoms with Crippen molar-refractivity contribution in [2.45, 2.75) is 34.6 Å². The number of carbonyl (C=O) groups is 1. The molecule has 0 N–H and O–H groups in total. The number of allylic oxidation sites excluding steroid dienone is 6. The molecule has 0 amide bonds. The van der Waals surface area contributed by atoms with Gasteiger partial charge in [-0.2, -0.15) is 0 Å². The van der Waals surface area contributed by atoms with Crippen LogP contribution in [-0.4, -0.2) is 19.7 Å². The third-order valence-electron chi connectivity index (χ3n) is 3.66. The molecule has 0 bridgehead atoms. The van der Waals surface area contributed by atoms with Gasteiger partial charge in [0.2, 0.25) is 0 Å². The van der Waals surface area contributed by atoms with E-state index in [-0.39, 0.29) is 5.97 Å². The summed E-state index contributed by atoms with van der Waals surface area (Å²) in [4.78, 5) is 11.3. The summed E-state index contributed by atoms with van der Waals surface area (Å²) in [7, 11) is 1.69. The second-order valence-electron chi connectivity index (χ2n) is 5.92. The summed E-state index contributed by atoms with van der Waals surface area (Å²) in [5, 5.41) is 0. The number of esters is 1. The summed E-state index contributed by atoms with van der Waals surface area (Å²) in [6, 6.07) is 4.18. The molecule has 0 saturated heterocycles. The van der Waals surface area contributed by atoms with Gasteiger partial charge in [0.1, 0.15) is 5.75 Å². The van der Waals surface area contributed by atoms with Crippen LogP contribution in [0.4, 0.5) is 0 Å². The van der Waals surface area contributed by atoms with Crippen LogP contribution in [0.15, 0.2) is 53.7 Å². The van der Waals surface area contributed by atoms with Crippen molar-refractivity contribution in [3.63, 3.8) is 0 Å². The smallest absolute Gasteiger partial charge is 0.330 e. The third-order valence-corrected chi connectivity index (χ3v) is 3.66. The number of rotatable bonds is 7. The first-order valence-corrected chi connectivity index (χ1v) is 8.40. The molecule has 0 aliphatic rings. The quantitative estimate of drug-likeness (QED) is 0.382. The van der Waals surface area contributed by atoms with Crippen molar-refractivity contribution < 1.29 is 14.3 Å². The van der Waals surface area contributed by atoms with Gasteiger partial charge >= 0.3 is 5.97 Å². The molecule has 0 fully saturated rings. The maximum atomic E-state index is 11.3. The molecular formula is C22H28O3. The lowest BCUT2D eigenvalue weighted by atomic mass is 10.0. The molecule has 0 heterocycles. The van der Waals surface area contributed by atoms with Crippen LogP contribution in [0.3, 0.4) is 0 Å². The Morgan fingerprint density at radius 2 is 1.80 bits per heavy atom. The lowest BCUT2D eigenvalue weighted by molar-refractivity contribution is -0.137. The van der Waals surface area contributed by atoms with Crippen LogP contribution in [0.2, 0.25) is 0 Å². The van der Waals surface area contributed by atoms with Crippen LogP contribution >= 0.6 is 0 Å². The van der Waals surface area contributed by atoms with Crippen molar-refractivity contribution in [3.8, 4) is 5.75 Å². The molecule has 0 unspecified atom stereocenters. The average Bonchev–Trinajstić information content (AvgIpc) is 2.55. The molecule has 1 rings (SSSR count). The number of benzene rings is 1. The maximum Gasteiger partial charge on any atom is 0.330 e. The zero-order valence-corrected chi connectivity index (χ0v) is 16.1. The molecule has 0 spiro atoms. The van der Waals surface area contributed by atoms with Crippen molar-refractivity contribution in [2.75, 3.05) is 13.7 Å². The molecule has 0 aliphatic heterocycles. The molecule has 3 nitrogen and oxygen atoms in total. The van der Waals surface area contributed by atoms with Gasteiger partial charge in [-0.05, 0) is 69.0 Å². The molecular weight excluding hydrogens is 312 g/mol. The summed E-state index contributed by atoms with van der Waals surface area (Å²) in [5.74, 6) is 0.601. The standard InChI is InChI=1S/C22H28O3/c1-7-25-22(23)13-17(3)10-8-9-16(2)11-12-20-14-19(5)21(24-6)15-18(20)4/h8-15H,7H2,1-6H3/b10-8-,12-11-,16-9-,17-13-. The van der Waals surface area contributed by atoms with Gasteiger partial charge < -0.3 is 9.47 Å². The number of carbonyl (C=O) groups excluding carboxylic acids is 1. The molecule has 0 aliphatic carbocycles. The van der Waals surface area contributed by atoms with Gasteiger partial charge in [-0.1, -0.05) is 36.0 Å². The lowest BCUT2D eigenvalue weighted by Gasteiger charge is -2.08. The summed E-state index contributed by atoms with van der Waals surface area (Å²) >= 11 is 0. The second kappa shape index (κ2) is 10.3. The summed E-state index contributed by atoms with van der Waals surface area (Å²) in [6.07, 6.45) is 11.5. The molecule has 25 heavy (non-hydrogen) atoms. The van der Waals surface area contributed by atoms with E-state index >= 15 is 0 Å². The van der Waals surface area contributed by atoms with Crippen LogP contribution in [-0.2, 0) is 9.53 Å². The molecule has 0 aromatic heterocycles. The Bertz CT molecular complexity index is 719. The number of aryl methyl sites for hydroxylation is 2. The first kappa shape index (κ1) is 20.5. The van der Waals surface area contributed by atoms with Crippen LogP contribution < -0.4 is 4.74 Å². The highest BCUT2D eigenvalue weighted by Crippen LogP contribution is 2.23. The van der Waals surface area contributed by atoms with Gasteiger partial charge in [0, 0.05) is 6.08 Å². The summed E-state index contributed by atoms with van der Waals surface area (Å²) in [5.41, 5.74) is 5.44. The Kier molecular flexibility index (Phi) is 8.48. The molecule has 3 heteroatoms. The fourth-order valence-corrected chi connectivity index (χ4v) is 2.26. The van der Waals surface area contributed by atoms with E-state index < -0.39 is 0 Å². The average molecular weight is 340 g/mol. The Morgan fingerprint density at radius 3 is 2.44 bits per heavy atom. The lowest BCUT2D eigenvalue weighted by Crippen LogP contribution is -1.99. The Morgan fingerprint density at radius 1 is 1.08 bits per heavy atom. The summed E-state index contributed by atoms with van der Waals surface area (Å²) < 4.78 is 10.2. The van der Waals surface area contributed by atoms with Gasteiger partial charge in [-0.3, -0.25) is 0 Å². The van der Waals surface area contributed by atoms with Crippen LogP contribution in [0.1, 0.15) is 37.5 Å². The zero-order valence-electron chi connectivity index (χ0n) is 16.1. The van der Waals surface area contributed by atoms with Crippen molar-refractivity contribution in [3.05, 3.63) is 70.3 Å². The van der Waals surface area contributed by atoms with Gasteiger partial charge in [0.15, 0.2) is 0 Å². The van der Waals surface area contributed by atoms with Gasteiger partial charge in [0.25, 0.3) is 0 Å². The minimum Gasteiger partial charge on any atom is -0.496 e. The van der Waals surface area contributed by atoms with Crippen LogP contribution in [0.25, 0.3) is 6.08 Å². The summed E-state index contributed by atoms with van der Waals surface area (Å²) in [6.45, 7) is 10.2. The SMILES string of the molecule is CCOC(=O)\C=C(C)/C=C\C=C(C)/C=C\c1cc(C)c(OC)cc1C. The van der Waals surface area contributed by atoms with E-state index in [9.17, 15) is 4.79 Å². The van der Waals surface area contributed by atoms with Gasteiger partial charge in [-0.25, -0.2) is 4.79 Å². The number of hydrogen-bond donors (Lipinski definition) is 0. The molecule has 0 radical (unpaired) electrons. The van der Waals surface area contributed by atoms with E-state index in [1.807, 2.05) is 39.0 Å². The minimum absolute atomic E-state index is 0.310. The van der Waals surface area contributed by atoms with Crippen molar-refractivity contribution in [1.82, 2.24) is 0 Å². The molecule has 0 atom stereocenters. The first-order chi connectivity index (χ1) is 11.9. The van der Waals surface area contributed by atoms with E-state index in [1.165, 1.54) is 17.2 Å². The monoisotopic (exact) mass is 340 g/mol. The molecule has 0 saturated carbocycles. The number of hydrogen-bond acceptors (Lipinski definition) is 3. The normalized spacial score (nSPS) is 12.9. The Hall–Kier alpha value is -2.55. The maximum absolute atomic E-state index is 11.3. The van der Waals surface area contributed by atoms with Crippen LogP contribution in [0.5, 0.6) is 5.75 Å². The minimum atomic E-state index is -0.310. The highest BCUT2D eigenvalue weighted by atomic mass is 16.5. The predicted octanol–water partition coefficient (Wildman–Crippen LogP) is 5.34. The van der Waals surface area contributed by atoms with E-state index in [2.05, 4.69) is 31.2 Å². The van der Waals surface area contributed by atoms with E-state index in [0.717, 1.165) is 22.5 Å². The number of methoxy groups -OCH3 is 1. The fourth-order valence-electron chi connectivity index (χ4n) is 2.26. The van der Waals surface area contributed by atoms with E-state index in [4.69, 9.17) is 9.47 Å². The van der Waals surface area contributed by atoms with Crippen molar-refractivity contribution in [1.29, 1.82) is 0 Å². The van der Waals surface area contributed by atoms with Crippen LogP contribution in [0, 0.1) is 13.8 Å². The van der Waals surface area contributed by atoms with Crippen molar-refractivity contribution >= 4 is 12.0 Å². The predicted molar refractivity (Wildman–Crippen MR) is 105 cm³/mol.